The van der Waals surface area contributed by atoms with Crippen LogP contribution in [-0.2, 0) is 0 Å². The van der Waals surface area contributed by atoms with Crippen LogP contribution < -0.4 is 5.32 Å². The van der Waals surface area contributed by atoms with Gasteiger partial charge in [-0.2, -0.15) is 0 Å². The summed E-state index contributed by atoms with van der Waals surface area (Å²) in [5.74, 6) is -0.0517. The number of hydrogen-bond acceptors (Lipinski definition) is 2. The zero-order valence-corrected chi connectivity index (χ0v) is 10.4. The first-order chi connectivity index (χ1) is 6.74. The Morgan fingerprint density at radius 1 is 1.50 bits per heavy atom. The molecule has 0 radical (unpaired) electrons. The van der Waals surface area contributed by atoms with Gasteiger partial charge in [-0.15, -0.1) is 0 Å². The van der Waals surface area contributed by atoms with E-state index in [2.05, 4.69) is 27.9 Å². The number of hydrogen-bond donors (Lipinski definition) is 1. The van der Waals surface area contributed by atoms with Gasteiger partial charge in [0.15, 0.2) is 0 Å². The zero-order chi connectivity index (χ0) is 10.4. The molecule has 0 fully saturated rings. The van der Waals surface area contributed by atoms with Crippen LogP contribution in [0.2, 0.25) is 0 Å². The highest BCUT2D eigenvalue weighted by Crippen LogP contribution is 1.99. The van der Waals surface area contributed by atoms with Crippen LogP contribution in [0, 0.1) is 0 Å². The SMILES string of the molecule is O=C(NCC(I)C=S)c1ccccc1. The monoisotopic (exact) mass is 319 g/mol. The molecular weight excluding hydrogens is 309 g/mol. The van der Waals surface area contributed by atoms with Gasteiger partial charge < -0.3 is 5.32 Å². The fraction of sp³-hybridized carbons (Fsp3) is 0.200. The van der Waals surface area contributed by atoms with Gasteiger partial charge in [0.25, 0.3) is 5.91 Å². The molecule has 1 atom stereocenters. The van der Waals surface area contributed by atoms with E-state index in [0.29, 0.717) is 12.1 Å². The summed E-state index contributed by atoms with van der Waals surface area (Å²) in [6.45, 7) is 0.581. The van der Waals surface area contributed by atoms with E-state index in [1.165, 1.54) is 0 Å². The number of alkyl halides is 1. The van der Waals surface area contributed by atoms with Crippen molar-refractivity contribution >= 4 is 46.1 Å². The molecule has 1 unspecified atom stereocenters. The number of amides is 1. The number of benzene rings is 1. The van der Waals surface area contributed by atoms with Crippen molar-refractivity contribution in [1.29, 1.82) is 0 Å². The van der Waals surface area contributed by atoms with Crippen LogP contribution >= 0.6 is 34.8 Å². The van der Waals surface area contributed by atoms with Crippen LogP contribution in [0.1, 0.15) is 10.4 Å². The molecule has 1 aromatic carbocycles. The van der Waals surface area contributed by atoms with Gasteiger partial charge in [0.05, 0.1) is 3.92 Å². The van der Waals surface area contributed by atoms with Crippen LogP contribution in [0.15, 0.2) is 30.3 Å². The molecule has 0 aliphatic heterocycles. The van der Waals surface area contributed by atoms with Crippen molar-refractivity contribution < 1.29 is 4.79 Å². The molecule has 14 heavy (non-hydrogen) atoms. The molecule has 0 aliphatic carbocycles. The largest absolute Gasteiger partial charge is 0.351 e. The molecular formula is C10H10INOS. The molecule has 4 heteroatoms. The van der Waals surface area contributed by atoms with Gasteiger partial charge in [-0.1, -0.05) is 53.0 Å². The highest BCUT2D eigenvalue weighted by molar-refractivity contribution is 14.1. The highest BCUT2D eigenvalue weighted by Gasteiger charge is 2.05. The highest BCUT2D eigenvalue weighted by atomic mass is 127. The predicted octanol–water partition coefficient (Wildman–Crippen LogP) is 2.22. The molecule has 0 heterocycles. The molecule has 74 valence electrons. The lowest BCUT2D eigenvalue weighted by Crippen LogP contribution is -2.29. The van der Waals surface area contributed by atoms with Crippen LogP contribution in [0.5, 0.6) is 0 Å². The maximum absolute atomic E-state index is 11.5. The van der Waals surface area contributed by atoms with E-state index in [4.69, 9.17) is 12.2 Å². The number of halogens is 1. The van der Waals surface area contributed by atoms with Gasteiger partial charge in [-0.3, -0.25) is 4.79 Å². The minimum absolute atomic E-state index is 0.0517. The first-order valence-electron chi connectivity index (χ1n) is 4.16. The van der Waals surface area contributed by atoms with E-state index in [1.54, 1.807) is 17.5 Å². The second kappa shape index (κ2) is 6.08. The molecule has 0 bridgehead atoms. The topological polar surface area (TPSA) is 29.1 Å². The van der Waals surface area contributed by atoms with E-state index < -0.39 is 0 Å². The second-order valence-corrected chi connectivity index (χ2v) is 4.60. The van der Waals surface area contributed by atoms with Crippen LogP contribution in [0.25, 0.3) is 0 Å². The maximum Gasteiger partial charge on any atom is 0.251 e. The molecule has 2 nitrogen and oxygen atoms in total. The van der Waals surface area contributed by atoms with Crippen molar-refractivity contribution in [2.45, 2.75) is 3.92 Å². The van der Waals surface area contributed by atoms with Crippen molar-refractivity contribution in [3.8, 4) is 0 Å². The summed E-state index contributed by atoms with van der Waals surface area (Å²) in [6.07, 6.45) is 0. The van der Waals surface area contributed by atoms with Crippen LogP contribution in [0.3, 0.4) is 0 Å². The first kappa shape index (κ1) is 11.6. The Hall–Kier alpha value is -0.490. The molecule has 0 spiro atoms. The molecule has 1 amide bonds. The van der Waals surface area contributed by atoms with Crippen molar-refractivity contribution in [2.75, 3.05) is 6.54 Å². The number of thiocarbonyl (C=S) groups is 1. The molecule has 0 aliphatic rings. The van der Waals surface area contributed by atoms with E-state index in [1.807, 2.05) is 18.2 Å². The van der Waals surface area contributed by atoms with Gasteiger partial charge in [0, 0.05) is 12.1 Å². The smallest absolute Gasteiger partial charge is 0.251 e. The number of carbonyl (C=O) groups excluding carboxylic acids is 1. The van der Waals surface area contributed by atoms with Gasteiger partial charge in [-0.25, -0.2) is 0 Å². The Morgan fingerprint density at radius 3 is 2.71 bits per heavy atom. The normalized spacial score (nSPS) is 11.8. The van der Waals surface area contributed by atoms with Gasteiger partial charge in [-0.05, 0) is 17.5 Å². The summed E-state index contributed by atoms with van der Waals surface area (Å²) in [5, 5.41) is 4.45. The minimum atomic E-state index is -0.0517. The molecule has 1 aromatic rings. The van der Waals surface area contributed by atoms with E-state index >= 15 is 0 Å². The Balaban J connectivity index is 2.47. The average molecular weight is 319 g/mol. The predicted molar refractivity (Wildman–Crippen MR) is 70.2 cm³/mol. The molecule has 0 aromatic heterocycles. The van der Waals surface area contributed by atoms with Crippen LogP contribution in [-0.4, -0.2) is 21.7 Å². The number of carbonyl (C=O) groups is 1. The summed E-state index contributed by atoms with van der Waals surface area (Å²) < 4.78 is 0.204. The van der Waals surface area contributed by atoms with Crippen molar-refractivity contribution in [1.82, 2.24) is 5.32 Å². The summed E-state index contributed by atoms with van der Waals surface area (Å²) >= 11 is 6.94. The van der Waals surface area contributed by atoms with E-state index in [-0.39, 0.29) is 9.83 Å². The fourth-order valence-corrected chi connectivity index (χ4v) is 1.25. The summed E-state index contributed by atoms with van der Waals surface area (Å²) in [6, 6.07) is 9.14. The lowest BCUT2D eigenvalue weighted by Gasteiger charge is -2.06. The van der Waals surface area contributed by atoms with Gasteiger partial charge in [0.1, 0.15) is 0 Å². The summed E-state index contributed by atoms with van der Waals surface area (Å²) in [7, 11) is 0. The molecule has 1 N–H and O–H groups in total. The van der Waals surface area contributed by atoms with Crippen molar-refractivity contribution in [3.05, 3.63) is 35.9 Å². The zero-order valence-electron chi connectivity index (χ0n) is 7.44. The Kier molecular flexibility index (Phi) is 5.03. The maximum atomic E-state index is 11.5. The quantitative estimate of drug-likeness (QED) is 0.524. The van der Waals surface area contributed by atoms with Crippen molar-refractivity contribution in [3.63, 3.8) is 0 Å². The van der Waals surface area contributed by atoms with Gasteiger partial charge >= 0.3 is 0 Å². The third-order valence-corrected chi connectivity index (χ3v) is 3.26. The van der Waals surface area contributed by atoms with Crippen LogP contribution in [0.4, 0.5) is 0 Å². The third kappa shape index (κ3) is 3.71. The first-order valence-corrected chi connectivity index (χ1v) is 5.88. The second-order valence-electron chi connectivity index (χ2n) is 2.73. The Morgan fingerprint density at radius 2 is 2.14 bits per heavy atom. The Labute approximate surface area is 102 Å². The standard InChI is InChI=1S/C10H10INOS/c11-9(7-14)6-12-10(13)8-4-2-1-3-5-8/h1-5,7,9H,6H2,(H,12,13). The lowest BCUT2D eigenvalue weighted by atomic mass is 10.2. The molecule has 0 saturated carbocycles. The number of rotatable bonds is 4. The lowest BCUT2D eigenvalue weighted by molar-refractivity contribution is 0.0955. The third-order valence-electron chi connectivity index (χ3n) is 1.64. The van der Waals surface area contributed by atoms with E-state index in [9.17, 15) is 4.79 Å². The molecule has 0 saturated heterocycles. The minimum Gasteiger partial charge on any atom is -0.351 e. The average Bonchev–Trinajstić information content (AvgIpc) is 2.26. The summed E-state index contributed by atoms with van der Waals surface area (Å²) in [4.78, 5) is 11.5. The van der Waals surface area contributed by atoms with Gasteiger partial charge in [0.2, 0.25) is 0 Å². The fourth-order valence-electron chi connectivity index (χ4n) is 0.930. The number of nitrogens with one attached hydrogen (secondary N) is 1. The molecule has 1 rings (SSSR count). The van der Waals surface area contributed by atoms with Crippen molar-refractivity contribution in [2.24, 2.45) is 0 Å². The van der Waals surface area contributed by atoms with E-state index in [0.717, 1.165) is 0 Å². The summed E-state index contributed by atoms with van der Waals surface area (Å²) in [5.41, 5.74) is 0.681. The Bertz CT molecular complexity index is 315.